The summed E-state index contributed by atoms with van der Waals surface area (Å²) in [4.78, 5) is 10.3. The molecule has 0 atom stereocenters. The van der Waals surface area contributed by atoms with Crippen molar-refractivity contribution >= 4 is 16.1 Å². The molecule has 0 unspecified atom stereocenters. The summed E-state index contributed by atoms with van der Waals surface area (Å²) in [5, 5.41) is 0. The maximum Gasteiger partial charge on any atom is 0.323 e. The van der Waals surface area contributed by atoms with Crippen molar-refractivity contribution in [3.8, 4) is 0 Å². The fourth-order valence-corrected chi connectivity index (χ4v) is 0.733. The molecular weight excluding hydrogens is 160 g/mol. The summed E-state index contributed by atoms with van der Waals surface area (Å²) in [7, 11) is -4.22. The van der Waals surface area contributed by atoms with Crippen molar-refractivity contribution in [2.75, 3.05) is 12.4 Å². The lowest BCUT2D eigenvalue weighted by atomic mass is 10.8. The van der Waals surface area contributed by atoms with Crippen molar-refractivity contribution in [2.24, 2.45) is 0 Å². The van der Waals surface area contributed by atoms with Crippen LogP contribution in [0, 0.1) is 0 Å². The molecule has 60 valence electrons. The van der Waals surface area contributed by atoms with Gasteiger partial charge in [0.2, 0.25) is 0 Å². The van der Waals surface area contributed by atoms with Gasteiger partial charge in [0.05, 0.1) is 6.61 Å². The molecule has 0 radical (unpaired) electrons. The van der Waals surface area contributed by atoms with E-state index in [-0.39, 0.29) is 6.61 Å². The second-order valence-corrected chi connectivity index (χ2v) is 2.98. The fraction of sp³-hybridized carbons (Fsp3) is 0.750. The predicted octanol–water partition coefficient (Wildman–Crippen LogP) is -0.563. The third-order valence-electron chi connectivity index (χ3n) is 0.606. The van der Waals surface area contributed by atoms with Crippen molar-refractivity contribution < 1.29 is 22.5 Å². The van der Waals surface area contributed by atoms with Crippen LogP contribution in [-0.4, -0.2) is 31.3 Å². The summed E-state index contributed by atoms with van der Waals surface area (Å²) < 4.78 is 32.3. The molecule has 0 amide bonds. The van der Waals surface area contributed by atoms with E-state index in [1.54, 1.807) is 6.92 Å². The molecule has 0 aliphatic carbocycles. The van der Waals surface area contributed by atoms with E-state index in [2.05, 4.69) is 4.74 Å². The molecule has 0 bridgehead atoms. The number of carbonyl (C=O) groups excluding carboxylic acids is 1. The second kappa shape index (κ2) is 3.52. The van der Waals surface area contributed by atoms with Crippen molar-refractivity contribution in [1.82, 2.24) is 0 Å². The van der Waals surface area contributed by atoms with Gasteiger partial charge in [-0.1, -0.05) is 0 Å². The van der Waals surface area contributed by atoms with Crippen LogP contribution in [-0.2, 0) is 19.6 Å². The van der Waals surface area contributed by atoms with Crippen LogP contribution in [0.3, 0.4) is 0 Å². The molecule has 0 heterocycles. The van der Waals surface area contributed by atoms with E-state index in [0.717, 1.165) is 0 Å². The first-order valence-electron chi connectivity index (χ1n) is 2.56. The predicted molar refractivity (Wildman–Crippen MR) is 33.0 cm³/mol. The van der Waals surface area contributed by atoms with E-state index in [9.17, 15) is 13.2 Å². The zero-order chi connectivity index (χ0) is 8.20. The lowest BCUT2D eigenvalue weighted by molar-refractivity contribution is -0.140. The molecule has 0 aliphatic heterocycles. The Morgan fingerprint density at radius 2 is 2.10 bits per heavy atom. The molecule has 0 rings (SSSR count). The van der Waals surface area contributed by atoms with E-state index in [1.165, 1.54) is 0 Å². The highest BCUT2D eigenvalue weighted by Crippen LogP contribution is 1.85. The molecule has 0 aromatic heterocycles. The highest BCUT2D eigenvalue weighted by Gasteiger charge is 2.12. The highest BCUT2D eigenvalue weighted by molar-refractivity contribution is 7.86. The van der Waals surface area contributed by atoms with Gasteiger partial charge in [-0.3, -0.25) is 9.35 Å². The minimum Gasteiger partial charge on any atom is -0.465 e. The normalized spacial score (nSPS) is 11.0. The Morgan fingerprint density at radius 1 is 1.60 bits per heavy atom. The van der Waals surface area contributed by atoms with Crippen LogP contribution in [0.5, 0.6) is 0 Å². The number of rotatable bonds is 3. The Bertz CT molecular complexity index is 204. The average Bonchev–Trinajstić information content (AvgIpc) is 1.59. The van der Waals surface area contributed by atoms with E-state index in [0.29, 0.717) is 0 Å². The average molecular weight is 168 g/mol. The third-order valence-corrected chi connectivity index (χ3v) is 1.21. The zero-order valence-corrected chi connectivity index (χ0v) is 6.22. The Hall–Kier alpha value is -0.620. The molecule has 0 spiro atoms. The molecule has 10 heavy (non-hydrogen) atoms. The summed E-state index contributed by atoms with van der Waals surface area (Å²) in [6.07, 6.45) is 0. The van der Waals surface area contributed by atoms with Crippen LogP contribution in [0.25, 0.3) is 0 Å². The van der Waals surface area contributed by atoms with Crippen LogP contribution in [0.4, 0.5) is 0 Å². The van der Waals surface area contributed by atoms with Crippen LogP contribution < -0.4 is 0 Å². The van der Waals surface area contributed by atoms with E-state index in [1.807, 2.05) is 0 Å². The summed E-state index contributed by atoms with van der Waals surface area (Å²) >= 11 is 0. The van der Waals surface area contributed by atoms with Crippen molar-refractivity contribution in [3.05, 3.63) is 0 Å². The van der Waals surface area contributed by atoms with Gasteiger partial charge in [0.1, 0.15) is 0 Å². The Kier molecular flexibility index (Phi) is 3.31. The molecule has 0 aliphatic rings. The van der Waals surface area contributed by atoms with E-state index in [4.69, 9.17) is 4.55 Å². The minimum atomic E-state index is -4.22. The summed E-state index contributed by atoms with van der Waals surface area (Å²) in [5.41, 5.74) is 0. The van der Waals surface area contributed by atoms with Crippen LogP contribution in [0.2, 0.25) is 0 Å². The Morgan fingerprint density at radius 3 is 2.40 bits per heavy atom. The minimum absolute atomic E-state index is 0.106. The first-order chi connectivity index (χ1) is 4.45. The highest BCUT2D eigenvalue weighted by atomic mass is 32.2. The van der Waals surface area contributed by atoms with Gasteiger partial charge in [-0.2, -0.15) is 8.42 Å². The van der Waals surface area contributed by atoms with E-state index < -0.39 is 21.8 Å². The maximum atomic E-state index is 10.3. The van der Waals surface area contributed by atoms with Gasteiger partial charge in [0.15, 0.2) is 5.75 Å². The standard InChI is InChI=1S/C4H8O5S/c1-2-9-4(5)3-10(6,7)8/h2-3H2,1H3,(H,6,7,8). The van der Waals surface area contributed by atoms with Gasteiger partial charge in [-0.15, -0.1) is 0 Å². The molecule has 6 heteroatoms. The largest absolute Gasteiger partial charge is 0.465 e. The molecule has 0 fully saturated rings. The second-order valence-electron chi connectivity index (χ2n) is 1.53. The molecular formula is C4H8O5S. The maximum absolute atomic E-state index is 10.3. The van der Waals surface area contributed by atoms with Crippen LogP contribution in [0.1, 0.15) is 6.92 Å². The number of hydrogen-bond donors (Lipinski definition) is 1. The Balaban J connectivity index is 3.82. The summed E-state index contributed by atoms with van der Waals surface area (Å²) in [6, 6.07) is 0. The Labute approximate surface area is 58.7 Å². The van der Waals surface area contributed by atoms with Crippen molar-refractivity contribution in [1.29, 1.82) is 0 Å². The van der Waals surface area contributed by atoms with Gasteiger partial charge in [0, 0.05) is 0 Å². The first-order valence-corrected chi connectivity index (χ1v) is 4.17. The molecule has 0 aromatic rings. The fourth-order valence-electron chi connectivity index (χ4n) is 0.352. The summed E-state index contributed by atoms with van der Waals surface area (Å²) in [5.74, 6) is -1.91. The number of hydrogen-bond acceptors (Lipinski definition) is 4. The monoisotopic (exact) mass is 168 g/mol. The molecule has 5 nitrogen and oxygen atoms in total. The smallest absolute Gasteiger partial charge is 0.323 e. The number of carbonyl (C=O) groups is 1. The van der Waals surface area contributed by atoms with Gasteiger partial charge < -0.3 is 4.74 Å². The third kappa shape index (κ3) is 5.52. The number of ether oxygens (including phenoxy) is 1. The SMILES string of the molecule is CCOC(=O)CS(=O)(=O)O. The molecule has 0 saturated heterocycles. The van der Waals surface area contributed by atoms with Crippen molar-refractivity contribution in [3.63, 3.8) is 0 Å². The molecule has 1 N–H and O–H groups in total. The lowest BCUT2D eigenvalue weighted by Gasteiger charge is -1.97. The molecule has 0 saturated carbocycles. The van der Waals surface area contributed by atoms with Gasteiger partial charge in [0.25, 0.3) is 10.1 Å². The van der Waals surface area contributed by atoms with Crippen LogP contribution >= 0.6 is 0 Å². The number of esters is 1. The lowest BCUT2D eigenvalue weighted by Crippen LogP contribution is -2.17. The molecule has 0 aromatic carbocycles. The van der Waals surface area contributed by atoms with E-state index >= 15 is 0 Å². The van der Waals surface area contributed by atoms with Crippen LogP contribution in [0.15, 0.2) is 0 Å². The first kappa shape index (κ1) is 9.38. The quantitative estimate of drug-likeness (QED) is 0.451. The van der Waals surface area contributed by atoms with Gasteiger partial charge >= 0.3 is 5.97 Å². The zero-order valence-electron chi connectivity index (χ0n) is 5.40. The summed E-state index contributed by atoms with van der Waals surface area (Å²) in [6.45, 7) is 1.65. The topological polar surface area (TPSA) is 80.7 Å². The van der Waals surface area contributed by atoms with Crippen molar-refractivity contribution in [2.45, 2.75) is 6.92 Å². The van der Waals surface area contributed by atoms with Gasteiger partial charge in [-0.05, 0) is 6.92 Å². The van der Waals surface area contributed by atoms with Gasteiger partial charge in [-0.25, -0.2) is 0 Å².